The fraction of sp³-hybridized carbons (Fsp3) is 0.867. The van der Waals surface area contributed by atoms with Gasteiger partial charge in [-0.3, -0.25) is 0 Å². The van der Waals surface area contributed by atoms with Gasteiger partial charge in [-0.2, -0.15) is 0 Å². The molecule has 0 radical (unpaired) electrons. The van der Waals surface area contributed by atoms with E-state index in [0.29, 0.717) is 16.7 Å². The standard InChI is InChI=1S/C15H24O2/c1-10-8-13-11(9-12(10)16-17-13)15(4)7-5-6-14(15,2)3/h8,11-13H,5-7,9H2,1-4H3. The van der Waals surface area contributed by atoms with Gasteiger partial charge in [-0.15, -0.1) is 0 Å². The van der Waals surface area contributed by atoms with E-state index < -0.39 is 0 Å². The second kappa shape index (κ2) is 3.58. The van der Waals surface area contributed by atoms with Crippen LogP contribution in [0.4, 0.5) is 0 Å². The quantitative estimate of drug-likeness (QED) is 0.508. The Morgan fingerprint density at radius 1 is 1.18 bits per heavy atom. The van der Waals surface area contributed by atoms with Crippen molar-refractivity contribution in [1.82, 2.24) is 0 Å². The minimum atomic E-state index is 0.183. The summed E-state index contributed by atoms with van der Waals surface area (Å²) in [5.74, 6) is 0.627. The van der Waals surface area contributed by atoms with Crippen molar-refractivity contribution in [1.29, 1.82) is 0 Å². The molecule has 4 rings (SSSR count). The van der Waals surface area contributed by atoms with E-state index in [2.05, 4.69) is 33.8 Å². The molecule has 4 unspecified atom stereocenters. The van der Waals surface area contributed by atoms with Crippen molar-refractivity contribution in [2.45, 2.75) is 65.6 Å². The first-order valence-electron chi connectivity index (χ1n) is 6.94. The van der Waals surface area contributed by atoms with E-state index in [1.54, 1.807) is 0 Å². The molecule has 2 fully saturated rings. The average molecular weight is 236 g/mol. The third kappa shape index (κ3) is 1.53. The second-order valence-electron chi connectivity index (χ2n) is 7.05. The lowest BCUT2D eigenvalue weighted by molar-refractivity contribution is -0.386. The van der Waals surface area contributed by atoms with E-state index >= 15 is 0 Å². The average Bonchev–Trinajstić information content (AvgIpc) is 2.55. The van der Waals surface area contributed by atoms with Crippen molar-refractivity contribution in [3.05, 3.63) is 11.6 Å². The lowest BCUT2D eigenvalue weighted by Gasteiger charge is -2.51. The van der Waals surface area contributed by atoms with Gasteiger partial charge in [-0.1, -0.05) is 33.3 Å². The number of rotatable bonds is 1. The molecule has 2 aliphatic carbocycles. The fourth-order valence-corrected chi connectivity index (χ4v) is 4.21. The van der Waals surface area contributed by atoms with Crippen LogP contribution in [0.25, 0.3) is 0 Å². The van der Waals surface area contributed by atoms with Gasteiger partial charge >= 0.3 is 0 Å². The van der Waals surface area contributed by atoms with Crippen molar-refractivity contribution >= 4 is 0 Å². The van der Waals surface area contributed by atoms with Gasteiger partial charge in [0.05, 0.1) is 0 Å². The molecule has 0 N–H and O–H groups in total. The first kappa shape index (κ1) is 11.7. The van der Waals surface area contributed by atoms with Gasteiger partial charge in [0, 0.05) is 5.92 Å². The van der Waals surface area contributed by atoms with Crippen LogP contribution in [0.3, 0.4) is 0 Å². The van der Waals surface area contributed by atoms with Crippen molar-refractivity contribution in [2.75, 3.05) is 0 Å². The summed E-state index contributed by atoms with van der Waals surface area (Å²) in [5, 5.41) is 0. The van der Waals surface area contributed by atoms with Gasteiger partial charge in [-0.25, -0.2) is 9.78 Å². The first-order valence-corrected chi connectivity index (χ1v) is 6.94. The van der Waals surface area contributed by atoms with E-state index in [1.807, 2.05) is 0 Å². The van der Waals surface area contributed by atoms with Crippen molar-refractivity contribution in [2.24, 2.45) is 16.7 Å². The Labute approximate surface area is 104 Å². The zero-order valence-corrected chi connectivity index (χ0v) is 11.5. The van der Waals surface area contributed by atoms with Crippen LogP contribution in [0.2, 0.25) is 0 Å². The molecule has 4 aliphatic rings. The summed E-state index contributed by atoms with van der Waals surface area (Å²) in [6.07, 6.45) is 7.88. The van der Waals surface area contributed by atoms with E-state index in [-0.39, 0.29) is 12.2 Å². The monoisotopic (exact) mass is 236 g/mol. The van der Waals surface area contributed by atoms with Gasteiger partial charge in [0.1, 0.15) is 12.2 Å². The highest BCUT2D eigenvalue weighted by Gasteiger charge is 2.55. The van der Waals surface area contributed by atoms with Gasteiger partial charge in [0.2, 0.25) is 0 Å². The Kier molecular flexibility index (Phi) is 2.47. The molecule has 4 atom stereocenters. The Bertz CT molecular complexity index is 358. The molecule has 1 saturated carbocycles. The molecule has 0 aromatic heterocycles. The van der Waals surface area contributed by atoms with Crippen LogP contribution in [0.1, 0.15) is 53.4 Å². The summed E-state index contributed by atoms with van der Waals surface area (Å²) in [6, 6.07) is 0. The summed E-state index contributed by atoms with van der Waals surface area (Å²) in [5.41, 5.74) is 2.19. The highest BCUT2D eigenvalue weighted by Crippen LogP contribution is 2.60. The predicted octanol–water partition coefficient (Wildman–Crippen LogP) is 3.87. The zero-order chi connectivity index (χ0) is 12.3. The van der Waals surface area contributed by atoms with E-state index in [1.165, 1.54) is 24.8 Å². The summed E-state index contributed by atoms with van der Waals surface area (Å²) in [4.78, 5) is 11.0. The fourth-order valence-electron chi connectivity index (χ4n) is 4.21. The minimum absolute atomic E-state index is 0.183. The molecular formula is C15H24O2. The minimum Gasteiger partial charge on any atom is -0.228 e. The van der Waals surface area contributed by atoms with E-state index in [4.69, 9.17) is 9.78 Å². The van der Waals surface area contributed by atoms with Crippen LogP contribution in [0, 0.1) is 16.7 Å². The lowest BCUT2D eigenvalue weighted by Crippen LogP contribution is -2.50. The molecule has 0 aromatic carbocycles. The number of hydrogen-bond acceptors (Lipinski definition) is 2. The second-order valence-corrected chi connectivity index (χ2v) is 7.05. The molecule has 0 spiro atoms. The van der Waals surface area contributed by atoms with Crippen molar-refractivity contribution in [3.63, 3.8) is 0 Å². The van der Waals surface area contributed by atoms with Crippen LogP contribution in [0.15, 0.2) is 11.6 Å². The predicted molar refractivity (Wildman–Crippen MR) is 67.3 cm³/mol. The SMILES string of the molecule is CC1=CC2OOC1CC2C1(C)CCCC1(C)C. The molecule has 2 bridgehead atoms. The van der Waals surface area contributed by atoms with Crippen molar-refractivity contribution < 1.29 is 9.78 Å². The maximum Gasteiger partial charge on any atom is 0.115 e. The maximum absolute atomic E-state index is 5.55. The molecule has 1 saturated heterocycles. The maximum atomic E-state index is 5.55. The molecule has 17 heavy (non-hydrogen) atoms. The third-order valence-electron chi connectivity index (χ3n) is 5.94. The Hall–Kier alpha value is -0.340. The van der Waals surface area contributed by atoms with Gasteiger partial charge in [0.25, 0.3) is 0 Å². The van der Waals surface area contributed by atoms with Gasteiger partial charge < -0.3 is 0 Å². The number of fused-ring (bicyclic) bond motifs is 2. The molecular weight excluding hydrogens is 212 g/mol. The number of hydrogen-bond donors (Lipinski definition) is 0. The largest absolute Gasteiger partial charge is 0.228 e. The highest BCUT2D eigenvalue weighted by atomic mass is 17.2. The van der Waals surface area contributed by atoms with Crippen LogP contribution in [-0.4, -0.2) is 12.2 Å². The van der Waals surface area contributed by atoms with Crippen LogP contribution in [0.5, 0.6) is 0 Å². The molecule has 0 amide bonds. The normalized spacial score (nSPS) is 48.2. The van der Waals surface area contributed by atoms with E-state index in [9.17, 15) is 0 Å². The third-order valence-corrected chi connectivity index (χ3v) is 5.94. The molecule has 2 heteroatoms. The Balaban J connectivity index is 1.92. The summed E-state index contributed by atoms with van der Waals surface area (Å²) >= 11 is 0. The van der Waals surface area contributed by atoms with E-state index in [0.717, 1.165) is 6.42 Å². The summed E-state index contributed by atoms with van der Waals surface area (Å²) in [6.45, 7) is 9.50. The highest BCUT2D eigenvalue weighted by molar-refractivity contribution is 5.19. The molecule has 0 aromatic rings. The lowest BCUT2D eigenvalue weighted by atomic mass is 9.58. The first-order chi connectivity index (χ1) is 7.94. The summed E-state index contributed by atoms with van der Waals surface area (Å²) < 4.78 is 0. The van der Waals surface area contributed by atoms with Crippen LogP contribution >= 0.6 is 0 Å². The summed E-state index contributed by atoms with van der Waals surface area (Å²) in [7, 11) is 0. The van der Waals surface area contributed by atoms with Crippen molar-refractivity contribution in [3.8, 4) is 0 Å². The molecule has 2 aliphatic heterocycles. The molecule has 2 nitrogen and oxygen atoms in total. The Morgan fingerprint density at radius 2 is 1.94 bits per heavy atom. The van der Waals surface area contributed by atoms with Crippen LogP contribution in [-0.2, 0) is 9.78 Å². The smallest absolute Gasteiger partial charge is 0.115 e. The van der Waals surface area contributed by atoms with Gasteiger partial charge in [0.15, 0.2) is 0 Å². The van der Waals surface area contributed by atoms with Gasteiger partial charge in [-0.05, 0) is 42.6 Å². The zero-order valence-electron chi connectivity index (χ0n) is 11.5. The molecule has 96 valence electrons. The van der Waals surface area contributed by atoms with Crippen LogP contribution < -0.4 is 0 Å². The Morgan fingerprint density at radius 3 is 2.41 bits per heavy atom. The topological polar surface area (TPSA) is 18.5 Å². The molecule has 2 heterocycles.